The normalized spacial score (nSPS) is 18.6. The van der Waals surface area contributed by atoms with Gasteiger partial charge in [0.05, 0.1) is 6.10 Å². The van der Waals surface area contributed by atoms with Crippen LogP contribution < -0.4 is 10.1 Å². The first-order chi connectivity index (χ1) is 8.74. The van der Waals surface area contributed by atoms with Crippen LogP contribution in [-0.2, 0) is 9.53 Å². The molecule has 1 fully saturated rings. The summed E-state index contributed by atoms with van der Waals surface area (Å²) in [6.45, 7) is 1.36. The lowest BCUT2D eigenvalue weighted by Crippen LogP contribution is -2.35. The molecule has 1 aliphatic heterocycles. The number of benzene rings is 1. The van der Waals surface area contributed by atoms with Crippen molar-refractivity contribution < 1.29 is 14.3 Å². The van der Waals surface area contributed by atoms with E-state index in [4.69, 9.17) is 21.1 Å². The number of carbonyl (C=O) groups excluding carboxylic acids is 1. The lowest BCUT2D eigenvalue weighted by atomic mass is 10.2. The Morgan fingerprint density at radius 3 is 2.89 bits per heavy atom. The summed E-state index contributed by atoms with van der Waals surface area (Å²) in [6, 6.07) is 6.91. The largest absolute Gasteiger partial charge is 0.484 e. The van der Waals surface area contributed by atoms with Crippen LogP contribution in [0.2, 0.25) is 5.02 Å². The molecule has 18 heavy (non-hydrogen) atoms. The zero-order chi connectivity index (χ0) is 12.8. The molecular weight excluding hydrogens is 254 g/mol. The highest BCUT2D eigenvalue weighted by Crippen LogP contribution is 2.15. The Morgan fingerprint density at radius 1 is 1.44 bits per heavy atom. The first-order valence-electron chi connectivity index (χ1n) is 6.01. The number of rotatable bonds is 5. The van der Waals surface area contributed by atoms with Crippen molar-refractivity contribution in [1.82, 2.24) is 5.32 Å². The van der Waals surface area contributed by atoms with Crippen LogP contribution in [0.25, 0.3) is 0 Å². The van der Waals surface area contributed by atoms with Gasteiger partial charge in [0.25, 0.3) is 5.91 Å². The molecule has 0 aliphatic carbocycles. The summed E-state index contributed by atoms with van der Waals surface area (Å²) in [5.74, 6) is 0.493. The Labute approximate surface area is 111 Å². The fourth-order valence-electron chi connectivity index (χ4n) is 1.76. The van der Waals surface area contributed by atoms with Gasteiger partial charge in [0.1, 0.15) is 5.75 Å². The summed E-state index contributed by atoms with van der Waals surface area (Å²) in [4.78, 5) is 11.5. The average Bonchev–Trinajstić information content (AvgIpc) is 2.89. The second-order valence-corrected chi connectivity index (χ2v) is 4.62. The second kappa shape index (κ2) is 6.61. The van der Waals surface area contributed by atoms with Crippen LogP contribution in [0.4, 0.5) is 0 Å². The van der Waals surface area contributed by atoms with Gasteiger partial charge in [0.15, 0.2) is 6.61 Å². The molecule has 1 N–H and O–H groups in total. The number of halogens is 1. The van der Waals surface area contributed by atoms with E-state index in [0.717, 1.165) is 19.4 Å². The second-order valence-electron chi connectivity index (χ2n) is 4.18. The Hall–Kier alpha value is -1.26. The molecule has 0 spiro atoms. The van der Waals surface area contributed by atoms with Gasteiger partial charge in [-0.1, -0.05) is 11.6 Å². The van der Waals surface area contributed by atoms with Crippen molar-refractivity contribution in [3.63, 3.8) is 0 Å². The van der Waals surface area contributed by atoms with Crippen LogP contribution in [0.3, 0.4) is 0 Å². The monoisotopic (exact) mass is 269 g/mol. The molecule has 1 aromatic rings. The van der Waals surface area contributed by atoms with Crippen molar-refractivity contribution in [2.75, 3.05) is 19.8 Å². The molecule has 1 aliphatic rings. The van der Waals surface area contributed by atoms with Crippen LogP contribution in [0, 0.1) is 0 Å². The summed E-state index contributed by atoms with van der Waals surface area (Å²) in [5.41, 5.74) is 0. The molecule has 0 bridgehead atoms. The maximum Gasteiger partial charge on any atom is 0.258 e. The van der Waals surface area contributed by atoms with Gasteiger partial charge in [0, 0.05) is 18.2 Å². The SMILES string of the molecule is O=C(COc1ccc(Cl)cc1)NC[C@H]1CCCO1. The van der Waals surface area contributed by atoms with E-state index in [1.807, 2.05) is 0 Å². The van der Waals surface area contributed by atoms with E-state index in [1.54, 1.807) is 24.3 Å². The van der Waals surface area contributed by atoms with E-state index in [-0.39, 0.29) is 18.6 Å². The first-order valence-corrected chi connectivity index (χ1v) is 6.38. The van der Waals surface area contributed by atoms with Gasteiger partial charge in [0.2, 0.25) is 0 Å². The number of hydrogen-bond acceptors (Lipinski definition) is 3. The topological polar surface area (TPSA) is 47.6 Å². The average molecular weight is 270 g/mol. The fraction of sp³-hybridized carbons (Fsp3) is 0.462. The van der Waals surface area contributed by atoms with Crippen LogP contribution in [0.5, 0.6) is 5.75 Å². The van der Waals surface area contributed by atoms with E-state index in [2.05, 4.69) is 5.32 Å². The van der Waals surface area contributed by atoms with Crippen molar-refractivity contribution in [2.45, 2.75) is 18.9 Å². The molecule has 0 radical (unpaired) electrons. The number of hydrogen-bond donors (Lipinski definition) is 1. The maximum atomic E-state index is 11.5. The Balaban J connectivity index is 1.66. The molecule has 4 nitrogen and oxygen atoms in total. The molecule has 0 saturated carbocycles. The molecule has 1 atom stereocenters. The minimum Gasteiger partial charge on any atom is -0.484 e. The standard InChI is InChI=1S/C13H16ClNO3/c14-10-3-5-11(6-4-10)18-9-13(16)15-8-12-2-1-7-17-12/h3-6,12H,1-2,7-9H2,(H,15,16)/t12-/m1/s1. The number of carbonyl (C=O) groups is 1. The maximum absolute atomic E-state index is 11.5. The Kier molecular flexibility index (Phi) is 4.84. The van der Waals surface area contributed by atoms with Gasteiger partial charge in [-0.3, -0.25) is 4.79 Å². The van der Waals surface area contributed by atoms with Gasteiger partial charge >= 0.3 is 0 Å². The van der Waals surface area contributed by atoms with Gasteiger partial charge in [-0.15, -0.1) is 0 Å². The highest BCUT2D eigenvalue weighted by Gasteiger charge is 2.16. The minimum atomic E-state index is -0.138. The van der Waals surface area contributed by atoms with Crippen molar-refractivity contribution >= 4 is 17.5 Å². The fourth-order valence-corrected chi connectivity index (χ4v) is 1.89. The number of amides is 1. The molecule has 98 valence electrons. The summed E-state index contributed by atoms with van der Waals surface area (Å²) >= 11 is 5.75. The molecule has 0 unspecified atom stereocenters. The van der Waals surface area contributed by atoms with E-state index in [0.29, 0.717) is 17.3 Å². The quantitative estimate of drug-likeness (QED) is 0.890. The summed E-state index contributed by atoms with van der Waals surface area (Å²) < 4.78 is 10.7. The minimum absolute atomic E-state index is 0.00829. The summed E-state index contributed by atoms with van der Waals surface area (Å²) in [6.07, 6.45) is 2.24. The van der Waals surface area contributed by atoms with Crippen molar-refractivity contribution in [3.05, 3.63) is 29.3 Å². The summed E-state index contributed by atoms with van der Waals surface area (Å²) in [7, 11) is 0. The smallest absolute Gasteiger partial charge is 0.258 e. The highest BCUT2D eigenvalue weighted by molar-refractivity contribution is 6.30. The third-order valence-electron chi connectivity index (χ3n) is 2.73. The molecule has 2 rings (SSSR count). The lowest BCUT2D eigenvalue weighted by Gasteiger charge is -2.11. The van der Waals surface area contributed by atoms with E-state index in [9.17, 15) is 4.79 Å². The predicted octanol–water partition coefficient (Wildman–Crippen LogP) is 2.01. The first kappa shape index (κ1) is 13.2. The molecule has 1 saturated heterocycles. The molecular formula is C13H16ClNO3. The molecule has 1 heterocycles. The third kappa shape index (κ3) is 4.20. The van der Waals surface area contributed by atoms with Crippen LogP contribution in [0.1, 0.15) is 12.8 Å². The predicted molar refractivity (Wildman–Crippen MR) is 68.9 cm³/mol. The lowest BCUT2D eigenvalue weighted by molar-refractivity contribution is -0.123. The number of ether oxygens (including phenoxy) is 2. The van der Waals surface area contributed by atoms with Gasteiger partial charge in [-0.25, -0.2) is 0 Å². The Bertz CT molecular complexity index is 388. The zero-order valence-corrected chi connectivity index (χ0v) is 10.8. The number of nitrogens with one attached hydrogen (secondary N) is 1. The third-order valence-corrected chi connectivity index (χ3v) is 2.99. The van der Waals surface area contributed by atoms with Crippen molar-refractivity contribution in [1.29, 1.82) is 0 Å². The molecule has 5 heteroatoms. The summed E-state index contributed by atoms with van der Waals surface area (Å²) in [5, 5.41) is 3.43. The van der Waals surface area contributed by atoms with Gasteiger partial charge in [-0.05, 0) is 37.1 Å². The van der Waals surface area contributed by atoms with Crippen LogP contribution in [-0.4, -0.2) is 31.8 Å². The highest BCUT2D eigenvalue weighted by atomic mass is 35.5. The van der Waals surface area contributed by atoms with E-state index in [1.165, 1.54) is 0 Å². The van der Waals surface area contributed by atoms with Gasteiger partial charge < -0.3 is 14.8 Å². The van der Waals surface area contributed by atoms with E-state index < -0.39 is 0 Å². The Morgan fingerprint density at radius 2 is 2.22 bits per heavy atom. The molecule has 1 aromatic carbocycles. The van der Waals surface area contributed by atoms with Gasteiger partial charge in [-0.2, -0.15) is 0 Å². The van der Waals surface area contributed by atoms with Crippen molar-refractivity contribution in [3.8, 4) is 5.75 Å². The van der Waals surface area contributed by atoms with Crippen LogP contribution in [0.15, 0.2) is 24.3 Å². The van der Waals surface area contributed by atoms with Crippen molar-refractivity contribution in [2.24, 2.45) is 0 Å². The zero-order valence-electron chi connectivity index (χ0n) is 10.0. The van der Waals surface area contributed by atoms with Crippen LogP contribution >= 0.6 is 11.6 Å². The van der Waals surface area contributed by atoms with E-state index >= 15 is 0 Å². The molecule has 1 amide bonds. The molecule has 0 aromatic heterocycles.